The topological polar surface area (TPSA) is 42.0 Å². The smallest absolute Gasteiger partial charge is 0.233 e. The van der Waals surface area contributed by atoms with Crippen molar-refractivity contribution in [2.75, 3.05) is 5.32 Å². The van der Waals surface area contributed by atoms with Gasteiger partial charge in [-0.05, 0) is 42.2 Å². The highest BCUT2D eigenvalue weighted by atomic mass is 35.5. The summed E-state index contributed by atoms with van der Waals surface area (Å²) in [5.41, 5.74) is 0.984. The van der Waals surface area contributed by atoms with Gasteiger partial charge in [-0.3, -0.25) is 4.79 Å². The van der Waals surface area contributed by atoms with Gasteiger partial charge in [-0.2, -0.15) is 0 Å². The number of hydrogen-bond donors (Lipinski definition) is 1. The Balaban J connectivity index is 1.80. The van der Waals surface area contributed by atoms with E-state index in [1.165, 1.54) is 25.7 Å². The van der Waals surface area contributed by atoms with Gasteiger partial charge in [0.05, 0.1) is 5.92 Å². The maximum absolute atomic E-state index is 12.8. The molecule has 1 N–H and O–H groups in total. The molecule has 0 bridgehead atoms. The standard InChI is InChI=1S/C19H21ClN2O/c20-16-9-5-8-15(13-16)17(12-14-6-1-2-7-14)19(23)22-18-10-3-4-11-21-18/h3-5,8-11,13-14,17H,1-2,6-7,12H2,(H,21,22,23). The lowest BCUT2D eigenvalue weighted by molar-refractivity contribution is -0.118. The second-order valence-corrected chi connectivity index (χ2v) is 6.63. The molecule has 0 aliphatic heterocycles. The molecule has 1 aromatic heterocycles. The van der Waals surface area contributed by atoms with E-state index in [0.717, 1.165) is 12.0 Å². The average Bonchev–Trinajstić information content (AvgIpc) is 3.06. The molecule has 1 aliphatic carbocycles. The SMILES string of the molecule is O=C(Nc1ccccn1)C(CC1CCCC1)c1cccc(Cl)c1. The molecule has 3 rings (SSSR count). The van der Waals surface area contributed by atoms with Gasteiger partial charge < -0.3 is 5.32 Å². The highest BCUT2D eigenvalue weighted by molar-refractivity contribution is 6.30. The van der Waals surface area contributed by atoms with Crippen molar-refractivity contribution < 1.29 is 4.79 Å². The van der Waals surface area contributed by atoms with Gasteiger partial charge in [0.2, 0.25) is 5.91 Å². The molecule has 1 amide bonds. The molecule has 1 atom stereocenters. The summed E-state index contributed by atoms with van der Waals surface area (Å²) in [4.78, 5) is 17.0. The Kier molecular flexibility index (Phi) is 5.29. The number of nitrogens with one attached hydrogen (secondary N) is 1. The van der Waals surface area contributed by atoms with Crippen LogP contribution in [0.15, 0.2) is 48.7 Å². The molecule has 1 aromatic carbocycles. The summed E-state index contributed by atoms with van der Waals surface area (Å²) < 4.78 is 0. The van der Waals surface area contributed by atoms with E-state index in [9.17, 15) is 4.79 Å². The normalized spacial score (nSPS) is 16.2. The lowest BCUT2D eigenvalue weighted by atomic mass is 9.87. The van der Waals surface area contributed by atoms with Crippen LogP contribution in [0.3, 0.4) is 0 Å². The molecule has 23 heavy (non-hydrogen) atoms. The van der Waals surface area contributed by atoms with Gasteiger partial charge in [0, 0.05) is 11.2 Å². The molecule has 0 radical (unpaired) electrons. The van der Waals surface area contributed by atoms with Gasteiger partial charge in [-0.15, -0.1) is 0 Å². The monoisotopic (exact) mass is 328 g/mol. The molecule has 1 unspecified atom stereocenters. The van der Waals surface area contributed by atoms with Crippen LogP contribution in [0.1, 0.15) is 43.6 Å². The highest BCUT2D eigenvalue weighted by Crippen LogP contribution is 2.35. The fraction of sp³-hybridized carbons (Fsp3) is 0.368. The van der Waals surface area contributed by atoms with E-state index in [2.05, 4.69) is 10.3 Å². The van der Waals surface area contributed by atoms with Gasteiger partial charge in [-0.1, -0.05) is 55.5 Å². The number of carbonyl (C=O) groups is 1. The summed E-state index contributed by atoms with van der Waals surface area (Å²) in [7, 11) is 0. The second kappa shape index (κ2) is 7.60. The highest BCUT2D eigenvalue weighted by Gasteiger charge is 2.27. The quantitative estimate of drug-likeness (QED) is 0.835. The fourth-order valence-corrected chi connectivity index (χ4v) is 3.55. The maximum Gasteiger partial charge on any atom is 0.233 e. The summed E-state index contributed by atoms with van der Waals surface area (Å²) in [6, 6.07) is 13.2. The Bertz CT molecular complexity index is 653. The van der Waals surface area contributed by atoms with E-state index < -0.39 is 0 Å². The van der Waals surface area contributed by atoms with Crippen molar-refractivity contribution in [3.05, 3.63) is 59.2 Å². The Morgan fingerprint density at radius 3 is 2.74 bits per heavy atom. The van der Waals surface area contributed by atoms with E-state index in [0.29, 0.717) is 16.8 Å². The number of hydrogen-bond acceptors (Lipinski definition) is 2. The first-order valence-corrected chi connectivity index (χ1v) is 8.57. The summed E-state index contributed by atoms with van der Waals surface area (Å²) in [6.45, 7) is 0. The van der Waals surface area contributed by atoms with Crippen LogP contribution in [0.5, 0.6) is 0 Å². The van der Waals surface area contributed by atoms with Crippen LogP contribution < -0.4 is 5.32 Å². The number of pyridine rings is 1. The summed E-state index contributed by atoms with van der Waals surface area (Å²) >= 11 is 6.13. The van der Waals surface area contributed by atoms with Gasteiger partial charge in [-0.25, -0.2) is 4.98 Å². The molecule has 120 valence electrons. The van der Waals surface area contributed by atoms with E-state index >= 15 is 0 Å². The second-order valence-electron chi connectivity index (χ2n) is 6.20. The van der Waals surface area contributed by atoms with Crippen LogP contribution in [-0.2, 0) is 4.79 Å². The Morgan fingerprint density at radius 2 is 2.04 bits per heavy atom. The minimum Gasteiger partial charge on any atom is -0.310 e. The molecule has 1 aliphatic rings. The van der Waals surface area contributed by atoms with Crippen molar-refractivity contribution >= 4 is 23.3 Å². The zero-order valence-corrected chi connectivity index (χ0v) is 13.8. The third-order valence-corrected chi connectivity index (χ3v) is 4.76. The van der Waals surface area contributed by atoms with Crippen molar-refractivity contribution in [2.45, 2.75) is 38.0 Å². The van der Waals surface area contributed by atoms with E-state index in [-0.39, 0.29) is 11.8 Å². The predicted octanol–water partition coefficient (Wildman–Crippen LogP) is 5.04. The zero-order valence-electron chi connectivity index (χ0n) is 13.0. The lowest BCUT2D eigenvalue weighted by Crippen LogP contribution is -2.23. The molecule has 4 heteroatoms. The van der Waals surface area contributed by atoms with Crippen LogP contribution in [0.25, 0.3) is 0 Å². The first-order valence-electron chi connectivity index (χ1n) is 8.20. The first kappa shape index (κ1) is 16.0. The molecular formula is C19H21ClN2O. The van der Waals surface area contributed by atoms with Crippen molar-refractivity contribution in [1.29, 1.82) is 0 Å². The van der Waals surface area contributed by atoms with Crippen molar-refractivity contribution in [2.24, 2.45) is 5.92 Å². The van der Waals surface area contributed by atoms with Gasteiger partial charge in [0.25, 0.3) is 0 Å². The number of rotatable bonds is 5. The van der Waals surface area contributed by atoms with Gasteiger partial charge >= 0.3 is 0 Å². The summed E-state index contributed by atoms with van der Waals surface area (Å²) in [5, 5.41) is 3.61. The number of amides is 1. The van der Waals surface area contributed by atoms with E-state index in [4.69, 9.17) is 11.6 Å². The number of nitrogens with zero attached hydrogens (tertiary/aromatic N) is 1. The minimum atomic E-state index is -0.182. The third kappa shape index (κ3) is 4.32. The van der Waals surface area contributed by atoms with Crippen LogP contribution in [0, 0.1) is 5.92 Å². The zero-order chi connectivity index (χ0) is 16.1. The number of carbonyl (C=O) groups excluding carboxylic acids is 1. The van der Waals surface area contributed by atoms with Crippen LogP contribution in [0.2, 0.25) is 5.02 Å². The largest absolute Gasteiger partial charge is 0.310 e. The molecule has 0 spiro atoms. The number of anilines is 1. The first-order chi connectivity index (χ1) is 11.2. The van der Waals surface area contributed by atoms with Crippen molar-refractivity contribution in [3.63, 3.8) is 0 Å². The summed E-state index contributed by atoms with van der Waals surface area (Å²) in [6.07, 6.45) is 7.53. The number of benzene rings is 1. The third-order valence-electron chi connectivity index (χ3n) is 4.53. The number of aromatic nitrogens is 1. The minimum absolute atomic E-state index is 0.00198. The van der Waals surface area contributed by atoms with Crippen LogP contribution in [-0.4, -0.2) is 10.9 Å². The molecule has 0 saturated heterocycles. The van der Waals surface area contributed by atoms with Crippen molar-refractivity contribution in [1.82, 2.24) is 4.98 Å². The van der Waals surface area contributed by atoms with E-state index in [1.54, 1.807) is 6.20 Å². The Morgan fingerprint density at radius 1 is 1.22 bits per heavy atom. The average molecular weight is 329 g/mol. The molecule has 1 fully saturated rings. The van der Waals surface area contributed by atoms with Crippen molar-refractivity contribution in [3.8, 4) is 0 Å². The predicted molar refractivity (Wildman–Crippen MR) is 93.6 cm³/mol. The van der Waals surface area contributed by atoms with E-state index in [1.807, 2.05) is 42.5 Å². The van der Waals surface area contributed by atoms with Crippen LogP contribution in [0.4, 0.5) is 5.82 Å². The summed E-state index contributed by atoms with van der Waals surface area (Å²) in [5.74, 6) is 1.03. The fourth-order valence-electron chi connectivity index (χ4n) is 3.35. The molecule has 3 nitrogen and oxygen atoms in total. The molecule has 1 heterocycles. The van der Waals surface area contributed by atoms with Gasteiger partial charge in [0.15, 0.2) is 0 Å². The molecular weight excluding hydrogens is 308 g/mol. The Labute approximate surface area is 142 Å². The van der Waals surface area contributed by atoms with Gasteiger partial charge in [0.1, 0.15) is 5.82 Å². The maximum atomic E-state index is 12.8. The van der Waals surface area contributed by atoms with Crippen LogP contribution >= 0.6 is 11.6 Å². The molecule has 2 aromatic rings. The molecule has 1 saturated carbocycles. The Hall–Kier alpha value is -1.87. The number of halogens is 1. The lowest BCUT2D eigenvalue weighted by Gasteiger charge is -2.20.